The van der Waals surface area contributed by atoms with Crippen LogP contribution < -0.4 is 15.1 Å². The van der Waals surface area contributed by atoms with Crippen molar-refractivity contribution in [1.29, 1.82) is 0 Å². The largest absolute Gasteiger partial charge is 0.416 e. The quantitative estimate of drug-likeness (QED) is 0.637. The molecule has 0 bridgehead atoms. The summed E-state index contributed by atoms with van der Waals surface area (Å²) < 4.78 is 40.0. The Hall–Kier alpha value is -2.48. The van der Waals surface area contributed by atoms with Crippen molar-refractivity contribution < 1.29 is 18.0 Å². The molecule has 1 aromatic carbocycles. The maximum absolute atomic E-state index is 13.3. The lowest BCUT2D eigenvalue weighted by atomic mass is 9.95. The summed E-state index contributed by atoms with van der Waals surface area (Å²) >= 11 is 5.89. The highest BCUT2D eigenvalue weighted by Crippen LogP contribution is 2.37. The second-order valence-corrected chi connectivity index (χ2v) is 8.80. The van der Waals surface area contributed by atoms with Crippen LogP contribution in [0.15, 0.2) is 36.5 Å². The molecule has 0 unspecified atom stereocenters. The van der Waals surface area contributed by atoms with Gasteiger partial charge in [-0.05, 0) is 62.4 Å². The van der Waals surface area contributed by atoms with E-state index in [0.717, 1.165) is 50.3 Å². The average molecular weight is 467 g/mol. The van der Waals surface area contributed by atoms with Gasteiger partial charge in [-0.25, -0.2) is 4.98 Å². The Morgan fingerprint density at radius 2 is 1.72 bits per heavy atom. The summed E-state index contributed by atoms with van der Waals surface area (Å²) in [5.74, 6) is 0.312. The Bertz CT molecular complexity index is 937. The van der Waals surface area contributed by atoms with Gasteiger partial charge in [-0.15, -0.1) is 0 Å². The van der Waals surface area contributed by atoms with E-state index < -0.39 is 11.7 Å². The highest BCUT2D eigenvalue weighted by Gasteiger charge is 2.32. The molecule has 2 fully saturated rings. The molecule has 0 spiro atoms. The number of piperidine rings is 2. The third-order valence-corrected chi connectivity index (χ3v) is 6.40. The van der Waals surface area contributed by atoms with Crippen molar-refractivity contribution in [3.63, 3.8) is 0 Å². The second kappa shape index (κ2) is 9.57. The van der Waals surface area contributed by atoms with Crippen molar-refractivity contribution in [2.24, 2.45) is 5.92 Å². The first-order valence-electron chi connectivity index (χ1n) is 10.9. The molecule has 2 saturated heterocycles. The van der Waals surface area contributed by atoms with Crippen LogP contribution in [0.5, 0.6) is 0 Å². The summed E-state index contributed by atoms with van der Waals surface area (Å²) in [5.41, 5.74) is 0.152. The van der Waals surface area contributed by atoms with E-state index in [0.29, 0.717) is 36.6 Å². The fourth-order valence-electron chi connectivity index (χ4n) is 4.38. The van der Waals surface area contributed by atoms with Gasteiger partial charge in [0.05, 0.1) is 22.0 Å². The van der Waals surface area contributed by atoms with Gasteiger partial charge in [0.1, 0.15) is 5.82 Å². The molecule has 3 heterocycles. The number of hydrogen-bond donors (Lipinski definition) is 1. The number of nitrogens with one attached hydrogen (secondary N) is 1. The Morgan fingerprint density at radius 1 is 1.00 bits per heavy atom. The molecule has 9 heteroatoms. The van der Waals surface area contributed by atoms with Gasteiger partial charge in [0, 0.05) is 38.3 Å². The van der Waals surface area contributed by atoms with E-state index in [1.54, 1.807) is 12.3 Å². The number of aromatic nitrogens is 1. The summed E-state index contributed by atoms with van der Waals surface area (Å²) in [4.78, 5) is 21.5. The zero-order valence-electron chi connectivity index (χ0n) is 17.7. The minimum atomic E-state index is -4.46. The fraction of sp³-hybridized carbons (Fsp3) is 0.478. The van der Waals surface area contributed by atoms with E-state index >= 15 is 0 Å². The lowest BCUT2D eigenvalue weighted by molar-refractivity contribution is -0.137. The Kier molecular flexibility index (Phi) is 6.79. The molecule has 0 atom stereocenters. The van der Waals surface area contributed by atoms with Gasteiger partial charge in [0.2, 0.25) is 5.91 Å². The van der Waals surface area contributed by atoms with Crippen LogP contribution >= 0.6 is 11.6 Å². The Morgan fingerprint density at radius 3 is 2.34 bits per heavy atom. The maximum Gasteiger partial charge on any atom is 0.416 e. The number of alkyl halides is 3. The molecule has 2 aromatic rings. The zero-order chi connectivity index (χ0) is 22.7. The number of benzene rings is 1. The van der Waals surface area contributed by atoms with Crippen LogP contribution in [-0.2, 0) is 11.0 Å². The van der Waals surface area contributed by atoms with Crippen LogP contribution in [0.25, 0.3) is 0 Å². The van der Waals surface area contributed by atoms with Crippen molar-refractivity contribution in [1.82, 2.24) is 4.98 Å². The molecule has 2 aliphatic rings. The van der Waals surface area contributed by atoms with Gasteiger partial charge in [0.15, 0.2) is 0 Å². The molecule has 2 aliphatic heterocycles. The van der Waals surface area contributed by atoms with Crippen molar-refractivity contribution in [2.75, 3.05) is 41.3 Å². The zero-order valence-corrected chi connectivity index (χ0v) is 18.4. The van der Waals surface area contributed by atoms with Gasteiger partial charge >= 0.3 is 6.18 Å². The van der Waals surface area contributed by atoms with E-state index in [-0.39, 0.29) is 17.5 Å². The highest BCUT2D eigenvalue weighted by molar-refractivity contribution is 6.30. The minimum absolute atomic E-state index is 0.230. The van der Waals surface area contributed by atoms with E-state index in [4.69, 9.17) is 11.6 Å². The summed E-state index contributed by atoms with van der Waals surface area (Å²) in [7, 11) is 0. The summed E-state index contributed by atoms with van der Waals surface area (Å²) in [6.07, 6.45) is 1.43. The number of amides is 1. The number of halogens is 4. The summed E-state index contributed by atoms with van der Waals surface area (Å²) in [5, 5.41) is 3.38. The molecule has 4 rings (SSSR count). The van der Waals surface area contributed by atoms with Crippen molar-refractivity contribution in [3.8, 4) is 0 Å². The lowest BCUT2D eigenvalue weighted by Gasteiger charge is -2.33. The molecule has 1 aromatic heterocycles. The van der Waals surface area contributed by atoms with Crippen LogP contribution in [0.3, 0.4) is 0 Å². The van der Waals surface area contributed by atoms with Gasteiger partial charge in [-0.2, -0.15) is 13.2 Å². The lowest BCUT2D eigenvalue weighted by Crippen LogP contribution is -2.39. The number of carbonyl (C=O) groups excluding carboxylic acids is 1. The normalized spacial score (nSPS) is 18.0. The van der Waals surface area contributed by atoms with Gasteiger partial charge in [-0.3, -0.25) is 4.79 Å². The molecule has 5 nitrogen and oxygen atoms in total. The summed E-state index contributed by atoms with van der Waals surface area (Å²) in [6, 6.07) is 7.26. The molecule has 0 radical (unpaired) electrons. The van der Waals surface area contributed by atoms with Crippen LogP contribution in [-0.4, -0.2) is 37.1 Å². The number of anilines is 3. The average Bonchev–Trinajstić information content (AvgIpc) is 2.79. The SMILES string of the molecule is O=C(Nc1cc(C(F)(F)F)ccc1N1CCCCC1)C1CCN(c2ccc(Cl)cn2)CC1. The molecule has 1 N–H and O–H groups in total. The predicted octanol–water partition coefficient (Wildman–Crippen LogP) is 5.60. The first-order valence-corrected chi connectivity index (χ1v) is 11.3. The topological polar surface area (TPSA) is 48.5 Å². The van der Waals surface area contributed by atoms with Crippen LogP contribution in [0.4, 0.5) is 30.4 Å². The minimum Gasteiger partial charge on any atom is -0.370 e. The van der Waals surface area contributed by atoms with Crippen LogP contribution in [0.1, 0.15) is 37.7 Å². The molecular formula is C23H26ClF3N4O. The predicted molar refractivity (Wildman–Crippen MR) is 120 cm³/mol. The molecule has 32 heavy (non-hydrogen) atoms. The van der Waals surface area contributed by atoms with Gasteiger partial charge in [0.25, 0.3) is 0 Å². The third-order valence-electron chi connectivity index (χ3n) is 6.18. The molecule has 0 saturated carbocycles. The Balaban J connectivity index is 1.46. The first kappa shape index (κ1) is 22.7. The monoisotopic (exact) mass is 466 g/mol. The van der Waals surface area contributed by atoms with Crippen molar-refractivity contribution in [2.45, 2.75) is 38.3 Å². The molecule has 1 amide bonds. The highest BCUT2D eigenvalue weighted by atomic mass is 35.5. The molecule has 0 aliphatic carbocycles. The van der Waals surface area contributed by atoms with E-state index in [9.17, 15) is 18.0 Å². The van der Waals surface area contributed by atoms with Crippen LogP contribution in [0, 0.1) is 5.92 Å². The smallest absolute Gasteiger partial charge is 0.370 e. The van der Waals surface area contributed by atoms with E-state index in [1.807, 2.05) is 6.07 Å². The Labute approximate surface area is 190 Å². The van der Waals surface area contributed by atoms with E-state index in [1.165, 1.54) is 6.07 Å². The van der Waals surface area contributed by atoms with Crippen LogP contribution in [0.2, 0.25) is 5.02 Å². The first-order chi connectivity index (χ1) is 15.3. The van der Waals surface area contributed by atoms with Crippen molar-refractivity contribution in [3.05, 3.63) is 47.1 Å². The van der Waals surface area contributed by atoms with Gasteiger partial charge < -0.3 is 15.1 Å². The molecular weight excluding hydrogens is 441 g/mol. The standard InChI is InChI=1S/C23H26ClF3N4O/c24-18-5-7-21(28-15-18)31-12-8-16(9-13-31)22(32)29-19-14-17(23(25,26)27)4-6-20(19)30-10-2-1-3-11-30/h4-7,14-16H,1-3,8-13H2,(H,29,32). The number of rotatable bonds is 4. The van der Waals surface area contributed by atoms with Crippen molar-refractivity contribution >= 4 is 34.7 Å². The summed E-state index contributed by atoms with van der Waals surface area (Å²) in [6.45, 7) is 2.85. The molecule has 172 valence electrons. The fourth-order valence-corrected chi connectivity index (χ4v) is 4.50. The van der Waals surface area contributed by atoms with E-state index in [2.05, 4.69) is 20.1 Å². The number of nitrogens with zero attached hydrogens (tertiary/aromatic N) is 3. The third kappa shape index (κ3) is 5.28. The number of hydrogen-bond acceptors (Lipinski definition) is 4. The maximum atomic E-state index is 13.3. The number of pyridine rings is 1. The number of carbonyl (C=O) groups is 1. The second-order valence-electron chi connectivity index (χ2n) is 8.36. The van der Waals surface area contributed by atoms with Gasteiger partial charge in [-0.1, -0.05) is 11.6 Å².